The molecule has 112 valence electrons. The van der Waals surface area contributed by atoms with Crippen LogP contribution in [0.25, 0.3) is 0 Å². The van der Waals surface area contributed by atoms with Crippen molar-refractivity contribution in [2.45, 2.75) is 66.2 Å². The highest BCUT2D eigenvalue weighted by atomic mass is 32.2. The van der Waals surface area contributed by atoms with Gasteiger partial charge in [0.2, 0.25) is 0 Å². The van der Waals surface area contributed by atoms with Gasteiger partial charge in [0.15, 0.2) is 5.78 Å². The number of rotatable bonds is 3. The number of unbranched alkanes of at least 4 members (excludes halogenated alkanes) is 1. The Morgan fingerprint density at radius 2 is 1.37 bits per heavy atom. The lowest BCUT2D eigenvalue weighted by molar-refractivity contribution is 0.101. The fourth-order valence-electron chi connectivity index (χ4n) is 0.741. The van der Waals surface area contributed by atoms with Gasteiger partial charge in [0.1, 0.15) is 0 Å². The molecule has 0 aromatic heterocycles. The van der Waals surface area contributed by atoms with E-state index in [1.807, 2.05) is 27.7 Å². The molecule has 1 rings (SSSR count). The highest BCUT2D eigenvalue weighted by Gasteiger charge is 1.98. The largest absolute Gasteiger partial charge is 0.295 e. The Labute approximate surface area is 123 Å². The highest BCUT2D eigenvalue weighted by Crippen LogP contribution is 2.18. The highest BCUT2D eigenvalue weighted by molar-refractivity contribution is 7.94. The number of Topliss-reactive ketones (excluding diaryl/α,β-unsaturated/α-hetero) is 1. The van der Waals surface area contributed by atoms with E-state index in [1.54, 1.807) is 24.3 Å². The summed E-state index contributed by atoms with van der Waals surface area (Å²) in [5.41, 5.74) is 0.614. The quantitative estimate of drug-likeness (QED) is 0.574. The standard InChI is InChI=1S/C8H7FOS.C4H10.2C2H6/c1-6(10)7-2-4-8(11-9)5-3-7;1-3-4-2;2*1-2/h2-5H,1H3;3-4H2,1-2H3;2*1-2H3. The van der Waals surface area contributed by atoms with Crippen LogP contribution in [0.2, 0.25) is 0 Å². The van der Waals surface area contributed by atoms with E-state index in [0.717, 1.165) is 0 Å². The Balaban J connectivity index is -0.000000271. The van der Waals surface area contributed by atoms with Gasteiger partial charge in [-0.05, 0) is 19.1 Å². The van der Waals surface area contributed by atoms with Crippen molar-refractivity contribution in [3.8, 4) is 0 Å². The van der Waals surface area contributed by atoms with Crippen molar-refractivity contribution in [3.05, 3.63) is 29.8 Å². The van der Waals surface area contributed by atoms with Gasteiger partial charge >= 0.3 is 0 Å². The number of hydrogen-bond donors (Lipinski definition) is 0. The van der Waals surface area contributed by atoms with Crippen LogP contribution in [0.3, 0.4) is 0 Å². The van der Waals surface area contributed by atoms with E-state index < -0.39 is 0 Å². The first-order chi connectivity index (χ1) is 9.15. The summed E-state index contributed by atoms with van der Waals surface area (Å²) in [5, 5.41) is 0. The number of halogens is 1. The average molecular weight is 288 g/mol. The lowest BCUT2D eigenvalue weighted by Crippen LogP contribution is -1.89. The predicted molar refractivity (Wildman–Crippen MR) is 86.7 cm³/mol. The number of hydrogen-bond acceptors (Lipinski definition) is 2. The Hall–Kier alpha value is -0.830. The topological polar surface area (TPSA) is 17.1 Å². The third kappa shape index (κ3) is 15.1. The maximum atomic E-state index is 11.9. The molecule has 3 heteroatoms. The second-order valence-corrected chi connectivity index (χ2v) is 3.78. The molecule has 0 bridgehead atoms. The van der Waals surface area contributed by atoms with Crippen molar-refractivity contribution in [1.29, 1.82) is 0 Å². The summed E-state index contributed by atoms with van der Waals surface area (Å²) in [6.07, 6.45) is 2.64. The molecule has 0 saturated heterocycles. The van der Waals surface area contributed by atoms with E-state index >= 15 is 0 Å². The van der Waals surface area contributed by atoms with Crippen molar-refractivity contribution in [2.24, 2.45) is 0 Å². The SMILES string of the molecule is CC.CC.CC(=O)c1ccc(SF)cc1.CCCC. The third-order valence-electron chi connectivity index (χ3n) is 1.85. The normalized spacial score (nSPS) is 7.79. The molecule has 0 fully saturated rings. The van der Waals surface area contributed by atoms with Crippen LogP contribution >= 0.6 is 12.1 Å². The Morgan fingerprint density at radius 3 is 1.58 bits per heavy atom. The number of carbonyl (C=O) groups excluding carboxylic acids is 1. The van der Waals surface area contributed by atoms with Crippen LogP contribution < -0.4 is 0 Å². The van der Waals surface area contributed by atoms with Gasteiger partial charge in [-0.15, -0.1) is 0 Å². The summed E-state index contributed by atoms with van der Waals surface area (Å²) in [4.78, 5) is 11.3. The fraction of sp³-hybridized carbons (Fsp3) is 0.562. The molecular weight excluding hydrogens is 259 g/mol. The number of benzene rings is 1. The summed E-state index contributed by atoms with van der Waals surface area (Å²) >= 11 is 0.178. The molecule has 0 saturated carbocycles. The summed E-state index contributed by atoms with van der Waals surface area (Å²) in [5.74, 6) is 0.000378. The van der Waals surface area contributed by atoms with Crippen LogP contribution in [0, 0.1) is 0 Å². The van der Waals surface area contributed by atoms with Crippen molar-refractivity contribution < 1.29 is 8.68 Å². The number of ketones is 1. The molecule has 0 aliphatic carbocycles. The van der Waals surface area contributed by atoms with E-state index in [-0.39, 0.29) is 17.9 Å². The Bertz CT molecular complexity index is 281. The summed E-state index contributed by atoms with van der Waals surface area (Å²) in [6.45, 7) is 13.8. The lowest BCUT2D eigenvalue weighted by Gasteiger charge is -1.94. The molecule has 1 aromatic carbocycles. The molecule has 0 heterocycles. The van der Waals surface area contributed by atoms with Crippen LogP contribution in [-0.4, -0.2) is 5.78 Å². The van der Waals surface area contributed by atoms with Crippen LogP contribution in [0.1, 0.15) is 71.7 Å². The van der Waals surface area contributed by atoms with Gasteiger partial charge in [0.25, 0.3) is 0 Å². The first-order valence-corrected chi connectivity index (χ1v) is 7.76. The van der Waals surface area contributed by atoms with Gasteiger partial charge in [-0.1, -0.05) is 66.5 Å². The lowest BCUT2D eigenvalue weighted by atomic mass is 10.2. The molecule has 0 aliphatic heterocycles. The second-order valence-electron chi connectivity index (χ2n) is 3.16. The van der Waals surface area contributed by atoms with E-state index in [9.17, 15) is 8.68 Å². The zero-order valence-corrected chi connectivity index (χ0v) is 14.2. The van der Waals surface area contributed by atoms with Gasteiger partial charge < -0.3 is 0 Å². The Kier molecular flexibility index (Phi) is 23.9. The smallest absolute Gasteiger partial charge is 0.159 e. The Morgan fingerprint density at radius 1 is 1.00 bits per heavy atom. The second kappa shape index (κ2) is 19.5. The van der Waals surface area contributed by atoms with Gasteiger partial charge in [-0.3, -0.25) is 4.79 Å². The zero-order valence-electron chi connectivity index (χ0n) is 13.4. The van der Waals surface area contributed by atoms with Crippen molar-refractivity contribution in [1.82, 2.24) is 0 Å². The molecule has 0 atom stereocenters. The molecule has 0 amide bonds. The van der Waals surface area contributed by atoms with E-state index in [0.29, 0.717) is 10.5 Å². The van der Waals surface area contributed by atoms with Gasteiger partial charge in [-0.25, -0.2) is 0 Å². The summed E-state index contributed by atoms with van der Waals surface area (Å²) in [7, 11) is 0. The van der Waals surface area contributed by atoms with Crippen molar-refractivity contribution in [2.75, 3.05) is 0 Å². The molecule has 1 nitrogen and oxygen atoms in total. The monoisotopic (exact) mass is 288 g/mol. The molecule has 0 unspecified atom stereocenters. The molecule has 0 radical (unpaired) electrons. The van der Waals surface area contributed by atoms with Gasteiger partial charge in [-0.2, -0.15) is 3.89 Å². The van der Waals surface area contributed by atoms with Crippen molar-refractivity contribution in [3.63, 3.8) is 0 Å². The van der Waals surface area contributed by atoms with E-state index in [1.165, 1.54) is 19.8 Å². The minimum Gasteiger partial charge on any atom is -0.295 e. The van der Waals surface area contributed by atoms with Crippen molar-refractivity contribution >= 4 is 17.9 Å². The van der Waals surface area contributed by atoms with E-state index in [2.05, 4.69) is 13.8 Å². The van der Waals surface area contributed by atoms with E-state index in [4.69, 9.17) is 0 Å². The average Bonchev–Trinajstić information content (AvgIpc) is 2.51. The first-order valence-electron chi connectivity index (χ1n) is 7.05. The third-order valence-corrected chi connectivity index (χ3v) is 2.30. The summed E-state index contributed by atoms with van der Waals surface area (Å²) < 4.78 is 11.9. The molecule has 0 N–H and O–H groups in total. The first kappa shape index (κ1) is 23.3. The molecule has 0 aliphatic rings. The molecule has 0 spiro atoms. The minimum atomic E-state index is 0.000378. The fourth-order valence-corrected chi connectivity index (χ4v) is 0.980. The molecule has 19 heavy (non-hydrogen) atoms. The maximum absolute atomic E-state index is 11.9. The van der Waals surface area contributed by atoms with Gasteiger partial charge in [0.05, 0.1) is 12.1 Å². The maximum Gasteiger partial charge on any atom is 0.159 e. The number of carbonyl (C=O) groups is 1. The predicted octanol–water partition coefficient (Wildman–Crippen LogP) is 6.72. The van der Waals surface area contributed by atoms with Gasteiger partial charge in [0, 0.05) is 10.5 Å². The minimum absolute atomic E-state index is 0.000378. The molecular formula is C16H29FOS. The zero-order chi connectivity index (χ0) is 15.7. The summed E-state index contributed by atoms with van der Waals surface area (Å²) in [6, 6.07) is 6.40. The van der Waals surface area contributed by atoms with Crippen LogP contribution in [-0.2, 0) is 0 Å². The van der Waals surface area contributed by atoms with Crippen LogP contribution in [0.4, 0.5) is 3.89 Å². The molecule has 1 aromatic rings. The van der Waals surface area contributed by atoms with Crippen LogP contribution in [0.15, 0.2) is 29.2 Å². The van der Waals surface area contributed by atoms with Crippen LogP contribution in [0.5, 0.6) is 0 Å².